The third kappa shape index (κ3) is 4.23. The van der Waals surface area contributed by atoms with E-state index in [1.807, 2.05) is 0 Å². The Morgan fingerprint density at radius 2 is 2.10 bits per heavy atom. The Morgan fingerprint density at radius 1 is 1.48 bits per heavy atom. The summed E-state index contributed by atoms with van der Waals surface area (Å²) in [5.41, 5.74) is 5.49. The third-order valence-electron chi connectivity index (χ3n) is 2.96. The van der Waals surface area contributed by atoms with Gasteiger partial charge in [-0.3, -0.25) is 0 Å². The molecule has 1 aromatic carbocycles. The molecule has 1 unspecified atom stereocenters. The standard InChI is InChI=1S/C12H17Cl2N3O3S/c1-3-17(7-8(2)12(15)16-18)21(19,20)11-6-9(13)4-5-10(11)14/h4-6,8,18H,3,7H2,1-2H3,(H2,15,16). The molecule has 0 amide bonds. The van der Waals surface area contributed by atoms with Crippen molar-refractivity contribution in [1.29, 1.82) is 0 Å². The molecule has 0 fully saturated rings. The van der Waals surface area contributed by atoms with E-state index in [0.29, 0.717) is 0 Å². The summed E-state index contributed by atoms with van der Waals surface area (Å²) >= 11 is 11.8. The monoisotopic (exact) mass is 353 g/mol. The molecular formula is C12H17Cl2N3O3S. The van der Waals surface area contributed by atoms with Crippen molar-refractivity contribution in [3.63, 3.8) is 0 Å². The van der Waals surface area contributed by atoms with Crippen molar-refractivity contribution in [3.8, 4) is 0 Å². The van der Waals surface area contributed by atoms with Crippen LogP contribution in [0.15, 0.2) is 28.3 Å². The minimum atomic E-state index is -3.82. The molecule has 6 nitrogen and oxygen atoms in total. The molecule has 0 saturated carbocycles. The quantitative estimate of drug-likeness (QED) is 0.355. The molecule has 0 heterocycles. The summed E-state index contributed by atoms with van der Waals surface area (Å²) in [5, 5.41) is 11.9. The molecule has 0 spiro atoms. The average molecular weight is 354 g/mol. The molecule has 3 N–H and O–H groups in total. The Morgan fingerprint density at radius 3 is 2.62 bits per heavy atom. The van der Waals surface area contributed by atoms with Crippen LogP contribution in [0.2, 0.25) is 10.0 Å². The maximum atomic E-state index is 12.6. The van der Waals surface area contributed by atoms with Gasteiger partial charge in [0.15, 0.2) is 0 Å². The molecule has 0 bridgehead atoms. The fourth-order valence-electron chi connectivity index (χ4n) is 1.71. The van der Waals surface area contributed by atoms with E-state index in [1.165, 1.54) is 22.5 Å². The lowest BCUT2D eigenvalue weighted by atomic mass is 10.1. The number of sulfonamides is 1. The first-order chi connectivity index (χ1) is 9.73. The van der Waals surface area contributed by atoms with Gasteiger partial charge < -0.3 is 10.9 Å². The molecule has 118 valence electrons. The van der Waals surface area contributed by atoms with Crippen molar-refractivity contribution in [1.82, 2.24) is 4.31 Å². The Balaban J connectivity index is 3.17. The van der Waals surface area contributed by atoms with Crippen molar-refractivity contribution < 1.29 is 13.6 Å². The molecule has 1 atom stereocenters. The van der Waals surface area contributed by atoms with Gasteiger partial charge in [0.05, 0.1) is 5.02 Å². The van der Waals surface area contributed by atoms with Gasteiger partial charge in [0, 0.05) is 24.0 Å². The summed E-state index contributed by atoms with van der Waals surface area (Å²) in [5.74, 6) is -0.483. The number of hydrogen-bond donors (Lipinski definition) is 2. The maximum absolute atomic E-state index is 12.6. The lowest BCUT2D eigenvalue weighted by Crippen LogP contribution is -2.38. The molecule has 0 aliphatic carbocycles. The van der Waals surface area contributed by atoms with E-state index in [-0.39, 0.29) is 33.9 Å². The Kier molecular flexibility index (Phi) is 6.27. The van der Waals surface area contributed by atoms with E-state index in [2.05, 4.69) is 5.16 Å². The zero-order chi connectivity index (χ0) is 16.2. The van der Waals surface area contributed by atoms with E-state index < -0.39 is 15.9 Å². The SMILES string of the molecule is CCN(CC(C)C(N)=NO)S(=O)(=O)c1cc(Cl)ccc1Cl. The molecule has 0 radical (unpaired) electrons. The lowest BCUT2D eigenvalue weighted by molar-refractivity contribution is 0.311. The van der Waals surface area contributed by atoms with Gasteiger partial charge in [-0.05, 0) is 18.2 Å². The minimum Gasteiger partial charge on any atom is -0.409 e. The predicted molar refractivity (Wildman–Crippen MR) is 83.5 cm³/mol. The van der Waals surface area contributed by atoms with Crippen LogP contribution in [0.5, 0.6) is 0 Å². The largest absolute Gasteiger partial charge is 0.409 e. The molecule has 0 aliphatic rings. The van der Waals surface area contributed by atoms with E-state index in [9.17, 15) is 8.42 Å². The van der Waals surface area contributed by atoms with Gasteiger partial charge in [-0.2, -0.15) is 4.31 Å². The van der Waals surface area contributed by atoms with Gasteiger partial charge >= 0.3 is 0 Å². The summed E-state index contributed by atoms with van der Waals surface area (Å²) in [7, 11) is -3.82. The maximum Gasteiger partial charge on any atom is 0.244 e. The fraction of sp³-hybridized carbons (Fsp3) is 0.417. The lowest BCUT2D eigenvalue weighted by Gasteiger charge is -2.24. The van der Waals surface area contributed by atoms with E-state index in [4.69, 9.17) is 34.1 Å². The van der Waals surface area contributed by atoms with Crippen LogP contribution >= 0.6 is 23.2 Å². The Hall–Kier alpha value is -1.02. The predicted octanol–water partition coefficient (Wildman–Crippen LogP) is 2.39. The highest BCUT2D eigenvalue weighted by Gasteiger charge is 2.28. The Labute approximate surface area is 134 Å². The molecule has 0 aliphatic heterocycles. The van der Waals surface area contributed by atoms with Crippen LogP contribution < -0.4 is 5.73 Å². The smallest absolute Gasteiger partial charge is 0.244 e. The molecule has 0 aromatic heterocycles. The molecule has 1 aromatic rings. The van der Waals surface area contributed by atoms with Crippen LogP contribution in [0, 0.1) is 5.92 Å². The first-order valence-corrected chi connectivity index (χ1v) is 8.36. The van der Waals surface area contributed by atoms with E-state index in [0.717, 1.165) is 0 Å². The normalized spacial score (nSPS) is 14.4. The van der Waals surface area contributed by atoms with Crippen LogP contribution in [0.25, 0.3) is 0 Å². The van der Waals surface area contributed by atoms with Crippen molar-refractivity contribution >= 4 is 39.1 Å². The van der Waals surface area contributed by atoms with Gasteiger partial charge in [-0.1, -0.05) is 42.2 Å². The first-order valence-electron chi connectivity index (χ1n) is 6.16. The van der Waals surface area contributed by atoms with Gasteiger partial charge in [0.1, 0.15) is 10.7 Å². The number of benzene rings is 1. The summed E-state index contributed by atoms with van der Waals surface area (Å²) in [4.78, 5) is -0.0646. The van der Waals surface area contributed by atoms with Gasteiger partial charge in [0.2, 0.25) is 10.0 Å². The zero-order valence-corrected chi connectivity index (χ0v) is 14.0. The summed E-state index contributed by atoms with van der Waals surface area (Å²) < 4.78 is 26.4. The topological polar surface area (TPSA) is 96.0 Å². The second-order valence-electron chi connectivity index (χ2n) is 4.46. The minimum absolute atomic E-state index is 0.0409. The van der Waals surface area contributed by atoms with Crippen molar-refractivity contribution in [3.05, 3.63) is 28.2 Å². The number of nitrogens with zero attached hydrogens (tertiary/aromatic N) is 2. The van der Waals surface area contributed by atoms with Crippen molar-refractivity contribution in [2.75, 3.05) is 13.1 Å². The summed E-state index contributed by atoms with van der Waals surface area (Å²) in [6.45, 7) is 3.63. The van der Waals surface area contributed by atoms with Crippen LogP contribution in [-0.2, 0) is 10.0 Å². The number of amidine groups is 1. The van der Waals surface area contributed by atoms with Gasteiger partial charge in [-0.15, -0.1) is 0 Å². The molecule has 21 heavy (non-hydrogen) atoms. The number of oxime groups is 1. The second-order valence-corrected chi connectivity index (χ2v) is 7.21. The number of hydrogen-bond acceptors (Lipinski definition) is 4. The van der Waals surface area contributed by atoms with Gasteiger partial charge in [-0.25, -0.2) is 8.42 Å². The van der Waals surface area contributed by atoms with Crippen molar-refractivity contribution in [2.45, 2.75) is 18.7 Å². The van der Waals surface area contributed by atoms with E-state index in [1.54, 1.807) is 13.8 Å². The highest BCUT2D eigenvalue weighted by Crippen LogP contribution is 2.28. The zero-order valence-electron chi connectivity index (χ0n) is 11.6. The summed E-state index contributed by atoms with van der Waals surface area (Å²) in [6.07, 6.45) is 0. The van der Waals surface area contributed by atoms with Crippen molar-refractivity contribution in [2.24, 2.45) is 16.8 Å². The number of halogens is 2. The van der Waals surface area contributed by atoms with Crippen LogP contribution in [-0.4, -0.2) is 36.9 Å². The average Bonchev–Trinajstić information content (AvgIpc) is 2.45. The molecule has 1 rings (SSSR count). The van der Waals surface area contributed by atoms with Crippen LogP contribution in [0.4, 0.5) is 0 Å². The number of nitrogens with two attached hydrogens (primary N) is 1. The number of rotatable bonds is 6. The summed E-state index contributed by atoms with van der Waals surface area (Å²) in [6, 6.07) is 4.24. The highest BCUT2D eigenvalue weighted by molar-refractivity contribution is 7.89. The van der Waals surface area contributed by atoms with Crippen LogP contribution in [0.3, 0.4) is 0 Å². The van der Waals surface area contributed by atoms with Gasteiger partial charge in [0.25, 0.3) is 0 Å². The second kappa shape index (κ2) is 7.31. The van der Waals surface area contributed by atoms with E-state index >= 15 is 0 Å². The molecular weight excluding hydrogens is 337 g/mol. The molecule has 0 saturated heterocycles. The van der Waals surface area contributed by atoms with Crippen LogP contribution in [0.1, 0.15) is 13.8 Å². The highest BCUT2D eigenvalue weighted by atomic mass is 35.5. The third-order valence-corrected chi connectivity index (χ3v) is 5.62. The molecule has 9 heteroatoms. The Bertz CT molecular complexity index is 635. The fourth-order valence-corrected chi connectivity index (χ4v) is 3.98. The first kappa shape index (κ1) is 18.0.